The molecule has 0 bridgehead atoms. The van der Waals surface area contributed by atoms with Crippen molar-refractivity contribution in [1.82, 2.24) is 0 Å². The molecule has 150 valence electrons. The Hall–Kier alpha value is -2.87. The Morgan fingerprint density at radius 3 is 1.97 bits per heavy atom. The number of ether oxygens (including phenoxy) is 1. The molecule has 0 amide bonds. The van der Waals surface area contributed by atoms with E-state index in [-0.39, 0.29) is 12.1 Å². The van der Waals surface area contributed by atoms with Crippen molar-refractivity contribution in [2.75, 3.05) is 0 Å². The highest BCUT2D eigenvalue weighted by atomic mass is 16.5. The normalized spacial score (nSPS) is 11.8. The van der Waals surface area contributed by atoms with Crippen molar-refractivity contribution < 1.29 is 9.53 Å². The number of carbonyl (C=O) groups excluding carboxylic acids is 1. The fourth-order valence-electron chi connectivity index (χ4n) is 3.56. The molecular weight excluding hydrogens is 356 g/mol. The highest BCUT2D eigenvalue weighted by molar-refractivity contribution is 5.83. The van der Waals surface area contributed by atoms with E-state index in [1.807, 2.05) is 13.0 Å². The van der Waals surface area contributed by atoms with Crippen molar-refractivity contribution in [3.63, 3.8) is 0 Å². The number of hydrogen-bond donors (Lipinski definition) is 0. The Bertz CT molecular complexity index is 897. The van der Waals surface area contributed by atoms with Crippen LogP contribution in [0.15, 0.2) is 78.9 Å². The standard InChI is InChI=1S/C27H30O2/c1-3-4-5-9-16-27(28)29-21(2)22-17-19-24(20-18-22)26-15-11-10-14-25(26)23-12-7-6-8-13-23/h6-8,10-15,17-21H,3-5,9,16H2,1-2H3. The first-order valence-corrected chi connectivity index (χ1v) is 10.6. The van der Waals surface area contributed by atoms with E-state index in [1.54, 1.807) is 0 Å². The molecule has 0 aliphatic rings. The lowest BCUT2D eigenvalue weighted by Crippen LogP contribution is -2.08. The first kappa shape index (κ1) is 20.9. The van der Waals surface area contributed by atoms with Gasteiger partial charge in [-0.15, -0.1) is 0 Å². The van der Waals surface area contributed by atoms with Crippen molar-refractivity contribution in [2.24, 2.45) is 0 Å². The molecule has 0 aliphatic heterocycles. The van der Waals surface area contributed by atoms with Gasteiger partial charge in [-0.2, -0.15) is 0 Å². The molecule has 2 heteroatoms. The predicted molar refractivity (Wildman–Crippen MR) is 121 cm³/mol. The van der Waals surface area contributed by atoms with Crippen LogP contribution in [0, 0.1) is 0 Å². The summed E-state index contributed by atoms with van der Waals surface area (Å²) in [6.07, 6.45) is 4.63. The molecule has 0 saturated heterocycles. The van der Waals surface area contributed by atoms with Crippen molar-refractivity contribution >= 4 is 5.97 Å². The van der Waals surface area contributed by atoms with Crippen LogP contribution in [0.2, 0.25) is 0 Å². The summed E-state index contributed by atoms with van der Waals surface area (Å²) >= 11 is 0. The van der Waals surface area contributed by atoms with E-state index in [0.29, 0.717) is 6.42 Å². The third-order valence-electron chi connectivity index (χ3n) is 5.25. The maximum atomic E-state index is 12.1. The third kappa shape index (κ3) is 5.80. The molecule has 3 aromatic rings. The van der Waals surface area contributed by atoms with Crippen LogP contribution in [0.25, 0.3) is 22.3 Å². The molecule has 3 aromatic carbocycles. The Balaban J connectivity index is 1.69. The van der Waals surface area contributed by atoms with E-state index >= 15 is 0 Å². The second-order valence-electron chi connectivity index (χ2n) is 7.48. The van der Waals surface area contributed by atoms with Gasteiger partial charge in [0.1, 0.15) is 6.10 Å². The van der Waals surface area contributed by atoms with Gasteiger partial charge in [-0.1, -0.05) is 105 Å². The minimum Gasteiger partial charge on any atom is -0.458 e. The highest BCUT2D eigenvalue weighted by Crippen LogP contribution is 2.32. The summed E-state index contributed by atoms with van der Waals surface area (Å²) < 4.78 is 5.62. The van der Waals surface area contributed by atoms with Gasteiger partial charge in [0.25, 0.3) is 0 Å². The third-order valence-corrected chi connectivity index (χ3v) is 5.25. The summed E-state index contributed by atoms with van der Waals surface area (Å²) in [6.45, 7) is 4.11. The Morgan fingerprint density at radius 2 is 1.34 bits per heavy atom. The topological polar surface area (TPSA) is 26.3 Å². The lowest BCUT2D eigenvalue weighted by molar-refractivity contribution is -0.148. The average Bonchev–Trinajstić information content (AvgIpc) is 2.77. The van der Waals surface area contributed by atoms with Gasteiger partial charge < -0.3 is 4.74 Å². The summed E-state index contributed by atoms with van der Waals surface area (Å²) in [6, 6.07) is 27.2. The number of benzene rings is 3. The zero-order valence-corrected chi connectivity index (χ0v) is 17.4. The molecule has 1 atom stereocenters. The minimum absolute atomic E-state index is 0.105. The molecule has 0 aliphatic carbocycles. The molecule has 29 heavy (non-hydrogen) atoms. The van der Waals surface area contributed by atoms with E-state index in [9.17, 15) is 4.79 Å². The fraction of sp³-hybridized carbons (Fsp3) is 0.296. The van der Waals surface area contributed by atoms with Crippen LogP contribution < -0.4 is 0 Å². The highest BCUT2D eigenvalue weighted by Gasteiger charge is 2.12. The molecule has 0 N–H and O–H groups in total. The van der Waals surface area contributed by atoms with Crippen molar-refractivity contribution in [1.29, 1.82) is 0 Å². The number of unbranched alkanes of at least 4 members (excludes halogenated alkanes) is 3. The molecule has 0 radical (unpaired) electrons. The fourth-order valence-corrected chi connectivity index (χ4v) is 3.56. The van der Waals surface area contributed by atoms with Gasteiger partial charge >= 0.3 is 5.97 Å². The van der Waals surface area contributed by atoms with Gasteiger partial charge in [-0.05, 0) is 41.2 Å². The summed E-state index contributed by atoms with van der Waals surface area (Å²) in [4.78, 5) is 12.1. The van der Waals surface area contributed by atoms with Gasteiger partial charge in [-0.25, -0.2) is 0 Å². The monoisotopic (exact) mass is 386 g/mol. The number of hydrogen-bond acceptors (Lipinski definition) is 2. The van der Waals surface area contributed by atoms with E-state index in [0.717, 1.165) is 24.0 Å². The summed E-state index contributed by atoms with van der Waals surface area (Å²) in [5.74, 6) is -0.105. The second-order valence-corrected chi connectivity index (χ2v) is 7.48. The molecule has 1 unspecified atom stereocenters. The summed E-state index contributed by atoms with van der Waals surface area (Å²) in [5, 5.41) is 0. The lowest BCUT2D eigenvalue weighted by Gasteiger charge is -2.15. The van der Waals surface area contributed by atoms with Gasteiger partial charge in [0.05, 0.1) is 0 Å². The van der Waals surface area contributed by atoms with Crippen LogP contribution >= 0.6 is 0 Å². The molecule has 0 aromatic heterocycles. The molecule has 2 nitrogen and oxygen atoms in total. The first-order valence-electron chi connectivity index (χ1n) is 10.6. The first-order chi connectivity index (χ1) is 14.2. The largest absolute Gasteiger partial charge is 0.458 e. The van der Waals surface area contributed by atoms with Gasteiger partial charge in [-0.3, -0.25) is 4.79 Å². The zero-order chi connectivity index (χ0) is 20.5. The van der Waals surface area contributed by atoms with E-state index in [4.69, 9.17) is 4.74 Å². The van der Waals surface area contributed by atoms with Crippen LogP contribution in [0.4, 0.5) is 0 Å². The second kappa shape index (κ2) is 10.6. The zero-order valence-electron chi connectivity index (χ0n) is 17.4. The Kier molecular flexibility index (Phi) is 7.63. The van der Waals surface area contributed by atoms with Crippen LogP contribution in [0.5, 0.6) is 0 Å². The molecular formula is C27H30O2. The summed E-state index contributed by atoms with van der Waals surface area (Å²) in [5.41, 5.74) is 5.80. The van der Waals surface area contributed by atoms with Gasteiger partial charge in [0.15, 0.2) is 0 Å². The number of rotatable bonds is 9. The van der Waals surface area contributed by atoms with Crippen LogP contribution in [-0.4, -0.2) is 5.97 Å². The van der Waals surface area contributed by atoms with E-state index in [1.165, 1.54) is 29.5 Å². The molecule has 0 fully saturated rings. The number of carbonyl (C=O) groups is 1. The van der Waals surface area contributed by atoms with Crippen molar-refractivity contribution in [3.05, 3.63) is 84.4 Å². The smallest absolute Gasteiger partial charge is 0.306 e. The molecule has 0 spiro atoms. The van der Waals surface area contributed by atoms with Crippen molar-refractivity contribution in [2.45, 2.75) is 52.1 Å². The lowest BCUT2D eigenvalue weighted by atomic mass is 9.94. The quantitative estimate of drug-likeness (QED) is 0.280. The van der Waals surface area contributed by atoms with Crippen molar-refractivity contribution in [3.8, 4) is 22.3 Å². The van der Waals surface area contributed by atoms with Crippen LogP contribution in [-0.2, 0) is 9.53 Å². The van der Waals surface area contributed by atoms with Crippen LogP contribution in [0.3, 0.4) is 0 Å². The molecule has 0 saturated carbocycles. The summed E-state index contributed by atoms with van der Waals surface area (Å²) in [7, 11) is 0. The Labute approximate surface area is 174 Å². The van der Waals surface area contributed by atoms with Crippen LogP contribution in [0.1, 0.15) is 57.6 Å². The minimum atomic E-state index is -0.230. The SMILES string of the molecule is CCCCCCC(=O)OC(C)c1ccc(-c2ccccc2-c2ccccc2)cc1. The van der Waals surface area contributed by atoms with Gasteiger partial charge in [0, 0.05) is 6.42 Å². The molecule has 0 heterocycles. The van der Waals surface area contributed by atoms with E-state index < -0.39 is 0 Å². The molecule has 3 rings (SSSR count). The Morgan fingerprint density at radius 1 is 0.759 bits per heavy atom. The van der Waals surface area contributed by atoms with E-state index in [2.05, 4.69) is 79.7 Å². The maximum absolute atomic E-state index is 12.1. The van der Waals surface area contributed by atoms with Gasteiger partial charge in [0.2, 0.25) is 0 Å². The average molecular weight is 387 g/mol. The maximum Gasteiger partial charge on any atom is 0.306 e. The predicted octanol–water partition coefficient (Wildman–Crippen LogP) is 7.60. The number of esters is 1.